The lowest BCUT2D eigenvalue weighted by Crippen LogP contribution is -2.38. The molecular weight excluding hydrogens is 350 g/mol. The molecule has 0 saturated heterocycles. The summed E-state index contributed by atoms with van der Waals surface area (Å²) in [4.78, 5) is 26.1. The number of para-hydroxylation sites is 1. The van der Waals surface area contributed by atoms with Crippen LogP contribution in [0.4, 0.5) is 5.69 Å². The average molecular weight is 374 g/mol. The first-order valence-electron chi connectivity index (χ1n) is 8.70. The molecule has 2 amide bonds. The number of anilines is 1. The number of carbonyl (C=O) groups is 2. The molecule has 0 radical (unpaired) electrons. The van der Waals surface area contributed by atoms with E-state index in [-0.39, 0.29) is 18.4 Å². The van der Waals surface area contributed by atoms with Crippen LogP contribution in [0.25, 0.3) is 0 Å². The van der Waals surface area contributed by atoms with Gasteiger partial charge in [0.25, 0.3) is 5.91 Å². The van der Waals surface area contributed by atoms with E-state index in [0.717, 1.165) is 19.5 Å². The minimum absolute atomic E-state index is 0.0540. The number of hydrogen-bond donors (Lipinski definition) is 2. The zero-order chi connectivity index (χ0) is 18.8. The molecule has 0 saturated carbocycles. The first-order chi connectivity index (χ1) is 12.6. The quantitative estimate of drug-likeness (QED) is 0.664. The maximum atomic E-state index is 12.0. The molecule has 2 rings (SSSR count). The summed E-state index contributed by atoms with van der Waals surface area (Å²) in [7, 11) is 0. The number of halogens is 1. The van der Waals surface area contributed by atoms with Crippen molar-refractivity contribution in [1.82, 2.24) is 10.6 Å². The third kappa shape index (κ3) is 6.41. The van der Waals surface area contributed by atoms with Gasteiger partial charge in [-0.05, 0) is 43.7 Å². The van der Waals surface area contributed by atoms with Gasteiger partial charge in [-0.1, -0.05) is 35.9 Å². The fraction of sp³-hybridized carbons (Fsp3) is 0.300. The van der Waals surface area contributed by atoms with Crippen LogP contribution in [-0.4, -0.2) is 38.0 Å². The van der Waals surface area contributed by atoms with Gasteiger partial charge in [0.05, 0.1) is 6.54 Å². The maximum Gasteiger partial charge on any atom is 0.251 e. The van der Waals surface area contributed by atoms with E-state index in [1.807, 2.05) is 18.2 Å². The van der Waals surface area contributed by atoms with E-state index in [9.17, 15) is 9.59 Å². The van der Waals surface area contributed by atoms with Crippen LogP contribution in [0, 0.1) is 0 Å². The van der Waals surface area contributed by atoms with Gasteiger partial charge in [-0.15, -0.1) is 0 Å². The maximum absolute atomic E-state index is 12.0. The molecule has 0 aromatic heterocycles. The second-order valence-electron chi connectivity index (χ2n) is 5.81. The molecule has 0 fully saturated rings. The molecule has 0 aliphatic carbocycles. The fourth-order valence-corrected chi connectivity index (χ4v) is 2.75. The van der Waals surface area contributed by atoms with Crippen LogP contribution in [0.3, 0.4) is 0 Å². The summed E-state index contributed by atoms with van der Waals surface area (Å²) in [6.07, 6.45) is 0.830. The van der Waals surface area contributed by atoms with Crippen LogP contribution >= 0.6 is 11.6 Å². The monoisotopic (exact) mass is 373 g/mol. The van der Waals surface area contributed by atoms with Gasteiger partial charge in [0, 0.05) is 35.9 Å². The van der Waals surface area contributed by atoms with Crippen molar-refractivity contribution in [2.45, 2.75) is 13.3 Å². The van der Waals surface area contributed by atoms with Crippen LogP contribution in [-0.2, 0) is 4.79 Å². The van der Waals surface area contributed by atoms with Gasteiger partial charge >= 0.3 is 0 Å². The van der Waals surface area contributed by atoms with E-state index in [2.05, 4.69) is 34.6 Å². The minimum Gasteiger partial charge on any atom is -0.372 e. The number of carbonyl (C=O) groups excluding carboxylic acids is 2. The van der Waals surface area contributed by atoms with Crippen molar-refractivity contribution >= 4 is 29.1 Å². The van der Waals surface area contributed by atoms with Crippen LogP contribution < -0.4 is 15.5 Å². The van der Waals surface area contributed by atoms with Crippen molar-refractivity contribution in [3.05, 3.63) is 65.2 Å². The van der Waals surface area contributed by atoms with Gasteiger partial charge in [0.2, 0.25) is 5.91 Å². The number of benzene rings is 2. The first-order valence-corrected chi connectivity index (χ1v) is 9.08. The molecule has 2 N–H and O–H groups in total. The molecule has 5 nitrogen and oxygen atoms in total. The minimum atomic E-state index is -0.316. The lowest BCUT2D eigenvalue weighted by Gasteiger charge is -2.23. The Morgan fingerprint density at radius 1 is 1.04 bits per heavy atom. The van der Waals surface area contributed by atoms with Crippen molar-refractivity contribution in [2.75, 3.05) is 31.1 Å². The van der Waals surface area contributed by atoms with Gasteiger partial charge in [0.1, 0.15) is 0 Å². The SMILES string of the molecule is CCN(CCCNC(=O)CNC(=O)c1cccc(Cl)c1)c1ccccc1. The number of nitrogens with one attached hydrogen (secondary N) is 2. The molecule has 0 aliphatic heterocycles. The van der Waals surface area contributed by atoms with Gasteiger partial charge in [-0.2, -0.15) is 0 Å². The number of nitrogens with zero attached hydrogens (tertiary/aromatic N) is 1. The second-order valence-corrected chi connectivity index (χ2v) is 6.25. The molecule has 2 aromatic carbocycles. The van der Waals surface area contributed by atoms with Gasteiger partial charge in [0.15, 0.2) is 0 Å². The van der Waals surface area contributed by atoms with Crippen molar-refractivity contribution in [3.63, 3.8) is 0 Å². The normalized spacial score (nSPS) is 10.2. The van der Waals surface area contributed by atoms with Crippen LogP contribution in [0.5, 0.6) is 0 Å². The van der Waals surface area contributed by atoms with Gasteiger partial charge in [-0.3, -0.25) is 9.59 Å². The van der Waals surface area contributed by atoms with E-state index in [4.69, 9.17) is 11.6 Å². The molecule has 0 atom stereocenters. The highest BCUT2D eigenvalue weighted by Crippen LogP contribution is 2.12. The molecule has 26 heavy (non-hydrogen) atoms. The Morgan fingerprint density at radius 2 is 1.81 bits per heavy atom. The molecule has 138 valence electrons. The Labute approximate surface area is 159 Å². The third-order valence-corrected chi connectivity index (χ3v) is 4.16. The Kier molecular flexibility index (Phi) is 7.96. The number of hydrogen-bond acceptors (Lipinski definition) is 3. The van der Waals surface area contributed by atoms with Gasteiger partial charge < -0.3 is 15.5 Å². The summed E-state index contributed by atoms with van der Waals surface area (Å²) in [6.45, 7) is 4.39. The second kappa shape index (κ2) is 10.5. The van der Waals surface area contributed by atoms with Crippen LogP contribution in [0.2, 0.25) is 5.02 Å². The Morgan fingerprint density at radius 3 is 2.50 bits per heavy atom. The summed E-state index contributed by atoms with van der Waals surface area (Å²) in [5.74, 6) is -0.521. The summed E-state index contributed by atoms with van der Waals surface area (Å²) < 4.78 is 0. The van der Waals surface area contributed by atoms with Crippen molar-refractivity contribution in [2.24, 2.45) is 0 Å². The van der Waals surface area contributed by atoms with Crippen molar-refractivity contribution < 1.29 is 9.59 Å². The predicted octanol–water partition coefficient (Wildman–Crippen LogP) is 3.10. The lowest BCUT2D eigenvalue weighted by molar-refractivity contribution is -0.120. The summed E-state index contributed by atoms with van der Waals surface area (Å²) >= 11 is 5.85. The fourth-order valence-electron chi connectivity index (χ4n) is 2.56. The molecule has 0 unspecified atom stereocenters. The number of rotatable bonds is 9. The lowest BCUT2D eigenvalue weighted by atomic mass is 10.2. The summed E-state index contributed by atoms with van der Waals surface area (Å²) in [5, 5.41) is 5.91. The molecule has 0 bridgehead atoms. The zero-order valence-electron chi connectivity index (χ0n) is 14.9. The number of amides is 2. The molecular formula is C20H24ClN3O2. The van der Waals surface area contributed by atoms with Crippen molar-refractivity contribution in [1.29, 1.82) is 0 Å². The van der Waals surface area contributed by atoms with E-state index in [1.165, 1.54) is 5.69 Å². The Balaban J connectivity index is 1.66. The molecule has 0 heterocycles. The van der Waals surface area contributed by atoms with E-state index < -0.39 is 0 Å². The molecule has 0 spiro atoms. The van der Waals surface area contributed by atoms with E-state index in [1.54, 1.807) is 24.3 Å². The van der Waals surface area contributed by atoms with Gasteiger partial charge in [-0.25, -0.2) is 0 Å². The van der Waals surface area contributed by atoms with E-state index >= 15 is 0 Å². The van der Waals surface area contributed by atoms with Crippen molar-refractivity contribution in [3.8, 4) is 0 Å². The molecule has 0 aliphatic rings. The highest BCUT2D eigenvalue weighted by atomic mass is 35.5. The summed E-state index contributed by atoms with van der Waals surface area (Å²) in [5.41, 5.74) is 1.61. The van der Waals surface area contributed by atoms with Crippen LogP contribution in [0.1, 0.15) is 23.7 Å². The average Bonchev–Trinajstić information content (AvgIpc) is 2.67. The molecule has 2 aromatic rings. The largest absolute Gasteiger partial charge is 0.372 e. The topological polar surface area (TPSA) is 61.4 Å². The zero-order valence-corrected chi connectivity index (χ0v) is 15.6. The van der Waals surface area contributed by atoms with Crippen LogP contribution in [0.15, 0.2) is 54.6 Å². The third-order valence-electron chi connectivity index (χ3n) is 3.93. The Bertz CT molecular complexity index is 722. The predicted molar refractivity (Wildman–Crippen MR) is 106 cm³/mol. The first kappa shape index (κ1) is 19.8. The highest BCUT2D eigenvalue weighted by molar-refractivity contribution is 6.30. The standard InChI is InChI=1S/C20H24ClN3O2/c1-2-24(18-10-4-3-5-11-18)13-7-12-22-19(25)15-23-20(26)16-8-6-9-17(21)14-16/h3-6,8-11,14H,2,7,12-13,15H2,1H3,(H,22,25)(H,23,26). The van der Waals surface area contributed by atoms with E-state index in [0.29, 0.717) is 17.1 Å². The Hall–Kier alpha value is -2.53. The molecule has 6 heteroatoms. The smallest absolute Gasteiger partial charge is 0.251 e. The summed E-state index contributed by atoms with van der Waals surface area (Å²) in [6, 6.07) is 16.8. The highest BCUT2D eigenvalue weighted by Gasteiger charge is 2.08.